The van der Waals surface area contributed by atoms with E-state index in [0.717, 1.165) is 38.9 Å². The van der Waals surface area contributed by atoms with E-state index in [1.807, 2.05) is 6.92 Å². The van der Waals surface area contributed by atoms with Crippen LogP contribution in [0.15, 0.2) is 0 Å². The van der Waals surface area contributed by atoms with Crippen molar-refractivity contribution in [1.29, 1.82) is 0 Å². The highest BCUT2D eigenvalue weighted by Gasteiger charge is 2.34. The summed E-state index contributed by atoms with van der Waals surface area (Å²) >= 11 is 0. The Balaban J connectivity index is 1.97. The van der Waals surface area contributed by atoms with Crippen molar-refractivity contribution in [3.05, 3.63) is 0 Å². The Bertz CT molecular complexity index is 407. The number of piperidine rings is 1. The van der Waals surface area contributed by atoms with Gasteiger partial charge in [-0.2, -0.15) is 0 Å². The summed E-state index contributed by atoms with van der Waals surface area (Å²) in [4.78, 5) is 2.45. The number of likely N-dealkylation sites (tertiary alicyclic amines) is 1. The van der Waals surface area contributed by atoms with E-state index >= 15 is 0 Å². The molecule has 0 unspecified atom stereocenters. The second kappa shape index (κ2) is 7.90. The van der Waals surface area contributed by atoms with Crippen LogP contribution in [0.5, 0.6) is 0 Å². The number of sulfonamides is 1. The van der Waals surface area contributed by atoms with Crippen LogP contribution in [-0.4, -0.2) is 67.8 Å². The van der Waals surface area contributed by atoms with Crippen LogP contribution in [0.2, 0.25) is 0 Å². The van der Waals surface area contributed by atoms with Crippen LogP contribution >= 0.6 is 0 Å². The molecule has 0 aliphatic carbocycles. The Morgan fingerprint density at radius 3 is 2.43 bits per heavy atom. The first kappa shape index (κ1) is 17.2. The predicted molar refractivity (Wildman–Crippen MR) is 84.6 cm³/mol. The lowest BCUT2D eigenvalue weighted by atomic mass is 9.90. The Morgan fingerprint density at radius 2 is 1.81 bits per heavy atom. The van der Waals surface area contributed by atoms with E-state index in [2.05, 4.69) is 4.90 Å². The summed E-state index contributed by atoms with van der Waals surface area (Å²) in [5.74, 6) is 0.714. The third-order valence-electron chi connectivity index (χ3n) is 4.71. The van der Waals surface area contributed by atoms with Gasteiger partial charge in [0.05, 0.1) is 5.75 Å². The molecule has 0 aromatic rings. The molecule has 0 saturated carbocycles. The number of aliphatic hydroxyl groups is 1. The molecule has 0 aromatic carbocycles. The summed E-state index contributed by atoms with van der Waals surface area (Å²) in [5.41, 5.74) is 0. The standard InChI is InChI=1S/C15H30N2O3S/c1-2-3-8-21(19,20)17-11-14(9-15(12-17)13-18)10-16-6-4-5-7-16/h14-15,18H,2-13H2,1H3/t14-,15-/m1/s1. The minimum absolute atomic E-state index is 0.0935. The van der Waals surface area contributed by atoms with Gasteiger partial charge in [-0.3, -0.25) is 0 Å². The highest BCUT2D eigenvalue weighted by molar-refractivity contribution is 7.89. The zero-order valence-electron chi connectivity index (χ0n) is 13.2. The average Bonchev–Trinajstić information content (AvgIpc) is 2.97. The number of hydrogen-bond donors (Lipinski definition) is 1. The van der Waals surface area contributed by atoms with Gasteiger partial charge in [0.15, 0.2) is 0 Å². The van der Waals surface area contributed by atoms with Gasteiger partial charge in [-0.05, 0) is 50.6 Å². The molecule has 5 nitrogen and oxygen atoms in total. The normalized spacial score (nSPS) is 29.0. The highest BCUT2D eigenvalue weighted by atomic mass is 32.2. The summed E-state index contributed by atoms with van der Waals surface area (Å²) in [6.45, 7) is 6.51. The maximum Gasteiger partial charge on any atom is 0.214 e. The van der Waals surface area contributed by atoms with Crippen LogP contribution in [0.25, 0.3) is 0 Å². The first-order valence-corrected chi connectivity index (χ1v) is 9.97. The van der Waals surface area contributed by atoms with Gasteiger partial charge in [0, 0.05) is 26.2 Å². The summed E-state index contributed by atoms with van der Waals surface area (Å²) in [7, 11) is -3.15. The van der Waals surface area contributed by atoms with Crippen molar-refractivity contribution in [3.63, 3.8) is 0 Å². The molecule has 2 aliphatic heterocycles. The number of aliphatic hydroxyl groups excluding tert-OH is 1. The molecule has 2 saturated heterocycles. The zero-order valence-corrected chi connectivity index (χ0v) is 14.0. The van der Waals surface area contributed by atoms with Crippen LogP contribution in [0.1, 0.15) is 39.0 Å². The Morgan fingerprint density at radius 1 is 1.14 bits per heavy atom. The van der Waals surface area contributed by atoms with Crippen molar-refractivity contribution in [2.75, 3.05) is 45.1 Å². The van der Waals surface area contributed by atoms with Crippen molar-refractivity contribution in [2.24, 2.45) is 11.8 Å². The van der Waals surface area contributed by atoms with Crippen LogP contribution in [0.3, 0.4) is 0 Å². The van der Waals surface area contributed by atoms with Crippen molar-refractivity contribution in [3.8, 4) is 0 Å². The molecule has 2 aliphatic rings. The average molecular weight is 318 g/mol. The molecule has 0 bridgehead atoms. The fraction of sp³-hybridized carbons (Fsp3) is 1.00. The Labute approximate surface area is 129 Å². The monoisotopic (exact) mass is 318 g/mol. The maximum absolute atomic E-state index is 12.4. The molecule has 2 rings (SSSR count). The van der Waals surface area contributed by atoms with Gasteiger partial charge in [-0.1, -0.05) is 13.3 Å². The molecular weight excluding hydrogens is 288 g/mol. The SMILES string of the molecule is CCCCS(=O)(=O)N1C[C@H](CO)C[C@H](CN2CCCC2)C1. The van der Waals surface area contributed by atoms with Gasteiger partial charge in [0.25, 0.3) is 0 Å². The zero-order chi connectivity index (χ0) is 15.3. The van der Waals surface area contributed by atoms with Crippen molar-refractivity contribution in [2.45, 2.75) is 39.0 Å². The second-order valence-electron chi connectivity index (χ2n) is 6.64. The highest BCUT2D eigenvalue weighted by Crippen LogP contribution is 2.26. The van der Waals surface area contributed by atoms with Crippen molar-refractivity contribution in [1.82, 2.24) is 9.21 Å². The van der Waals surface area contributed by atoms with Gasteiger partial charge in [0.2, 0.25) is 10.0 Å². The summed E-state index contributed by atoms with van der Waals surface area (Å²) in [5, 5.41) is 9.49. The maximum atomic E-state index is 12.4. The molecule has 0 aromatic heterocycles. The lowest BCUT2D eigenvalue weighted by Gasteiger charge is -2.37. The first-order chi connectivity index (χ1) is 10.0. The van der Waals surface area contributed by atoms with Gasteiger partial charge < -0.3 is 10.0 Å². The predicted octanol–water partition coefficient (Wildman–Crippen LogP) is 1.14. The second-order valence-corrected chi connectivity index (χ2v) is 8.73. The number of rotatable bonds is 7. The third kappa shape index (κ3) is 4.91. The summed E-state index contributed by atoms with van der Waals surface area (Å²) in [6, 6.07) is 0. The van der Waals surface area contributed by atoms with E-state index in [0.29, 0.717) is 19.0 Å². The van der Waals surface area contributed by atoms with Crippen LogP contribution in [0.4, 0.5) is 0 Å². The summed E-state index contributed by atoms with van der Waals surface area (Å²) < 4.78 is 26.5. The fourth-order valence-electron chi connectivity index (χ4n) is 3.55. The minimum atomic E-state index is -3.15. The smallest absolute Gasteiger partial charge is 0.214 e. The van der Waals surface area contributed by atoms with Gasteiger partial charge in [-0.25, -0.2) is 12.7 Å². The molecule has 1 N–H and O–H groups in total. The number of hydrogen-bond acceptors (Lipinski definition) is 4. The number of nitrogens with zero attached hydrogens (tertiary/aromatic N) is 2. The molecule has 0 spiro atoms. The molecule has 6 heteroatoms. The topological polar surface area (TPSA) is 60.9 Å². The largest absolute Gasteiger partial charge is 0.396 e. The van der Waals surface area contributed by atoms with E-state index in [1.54, 1.807) is 4.31 Å². The van der Waals surface area contributed by atoms with Gasteiger partial charge >= 0.3 is 0 Å². The number of unbranched alkanes of at least 4 members (excludes halogenated alkanes) is 1. The molecule has 0 radical (unpaired) electrons. The van der Waals surface area contributed by atoms with Crippen molar-refractivity contribution >= 4 is 10.0 Å². The summed E-state index contributed by atoms with van der Waals surface area (Å²) in [6.07, 6.45) is 5.09. The molecule has 2 heterocycles. The molecular formula is C15H30N2O3S. The Kier molecular flexibility index (Phi) is 6.47. The van der Waals surface area contributed by atoms with Gasteiger partial charge in [-0.15, -0.1) is 0 Å². The fourth-order valence-corrected chi connectivity index (χ4v) is 5.34. The lowest BCUT2D eigenvalue weighted by Crippen LogP contribution is -2.48. The molecule has 21 heavy (non-hydrogen) atoms. The third-order valence-corrected chi connectivity index (χ3v) is 6.60. The van der Waals surface area contributed by atoms with Crippen LogP contribution in [0, 0.1) is 11.8 Å². The molecule has 0 amide bonds. The van der Waals surface area contributed by atoms with Gasteiger partial charge in [0.1, 0.15) is 0 Å². The quantitative estimate of drug-likeness (QED) is 0.765. The molecule has 2 fully saturated rings. The van der Waals surface area contributed by atoms with E-state index in [4.69, 9.17) is 0 Å². The van der Waals surface area contributed by atoms with Crippen molar-refractivity contribution < 1.29 is 13.5 Å². The van der Waals surface area contributed by atoms with Crippen LogP contribution in [-0.2, 0) is 10.0 Å². The molecule has 2 atom stereocenters. The van der Waals surface area contributed by atoms with E-state index < -0.39 is 10.0 Å². The molecule has 124 valence electrons. The van der Waals surface area contributed by atoms with Crippen LogP contribution < -0.4 is 0 Å². The minimum Gasteiger partial charge on any atom is -0.396 e. The Hall–Kier alpha value is -0.170. The van der Waals surface area contributed by atoms with E-state index in [9.17, 15) is 13.5 Å². The first-order valence-electron chi connectivity index (χ1n) is 8.36. The van der Waals surface area contributed by atoms with E-state index in [1.165, 1.54) is 12.8 Å². The lowest BCUT2D eigenvalue weighted by molar-refractivity contribution is 0.112. The van der Waals surface area contributed by atoms with E-state index in [-0.39, 0.29) is 18.3 Å².